The van der Waals surface area contributed by atoms with Gasteiger partial charge in [-0.25, -0.2) is 4.98 Å². The summed E-state index contributed by atoms with van der Waals surface area (Å²) in [5.41, 5.74) is 2.92. The molecule has 0 fully saturated rings. The summed E-state index contributed by atoms with van der Waals surface area (Å²) < 4.78 is 4.50. The number of aryl methyl sites for hydroxylation is 1. The first-order valence-corrected chi connectivity index (χ1v) is 5.28. The normalized spacial score (nSPS) is 10.1. The van der Waals surface area contributed by atoms with Crippen LogP contribution in [-0.2, 0) is 16.0 Å². The molecule has 4 nitrogen and oxygen atoms in total. The topological polar surface area (TPSA) is 51.2 Å². The number of rotatable bonds is 5. The molecule has 1 N–H and O–H groups in total. The SMILES string of the molecule is COC(=O)CNCCc1scnc1C. The van der Waals surface area contributed by atoms with Gasteiger partial charge in [0.25, 0.3) is 0 Å². The van der Waals surface area contributed by atoms with Crippen LogP contribution in [0.25, 0.3) is 0 Å². The molecule has 0 aliphatic carbocycles. The predicted molar refractivity (Wildman–Crippen MR) is 55.4 cm³/mol. The number of hydrogen-bond acceptors (Lipinski definition) is 5. The smallest absolute Gasteiger partial charge is 0.319 e. The Balaban J connectivity index is 2.16. The second-order valence-electron chi connectivity index (χ2n) is 2.86. The highest BCUT2D eigenvalue weighted by molar-refractivity contribution is 7.09. The zero-order valence-electron chi connectivity index (χ0n) is 8.37. The van der Waals surface area contributed by atoms with E-state index in [1.165, 1.54) is 12.0 Å². The van der Waals surface area contributed by atoms with Gasteiger partial charge in [0.2, 0.25) is 0 Å². The molecule has 0 amide bonds. The molecule has 0 saturated carbocycles. The summed E-state index contributed by atoms with van der Waals surface area (Å²) in [6.07, 6.45) is 0.910. The Morgan fingerprint density at radius 3 is 3.07 bits per heavy atom. The van der Waals surface area contributed by atoms with E-state index < -0.39 is 0 Å². The molecular formula is C9H14N2O2S. The minimum absolute atomic E-state index is 0.231. The number of nitrogens with one attached hydrogen (secondary N) is 1. The van der Waals surface area contributed by atoms with Crippen molar-refractivity contribution in [2.24, 2.45) is 0 Å². The van der Waals surface area contributed by atoms with Gasteiger partial charge in [-0.1, -0.05) is 0 Å². The van der Waals surface area contributed by atoms with E-state index in [0.717, 1.165) is 18.7 Å². The summed E-state index contributed by atoms with van der Waals surface area (Å²) >= 11 is 1.65. The summed E-state index contributed by atoms with van der Waals surface area (Å²) in [7, 11) is 1.39. The lowest BCUT2D eigenvalue weighted by molar-refractivity contribution is -0.139. The molecule has 0 bridgehead atoms. The summed E-state index contributed by atoms with van der Waals surface area (Å²) in [5, 5.41) is 3.01. The molecule has 5 heteroatoms. The van der Waals surface area contributed by atoms with Crippen molar-refractivity contribution < 1.29 is 9.53 Å². The first kappa shape index (κ1) is 11.1. The first-order valence-electron chi connectivity index (χ1n) is 4.40. The Kier molecular flexibility index (Phi) is 4.55. The Bertz CT molecular complexity index is 299. The number of ether oxygens (including phenoxy) is 1. The van der Waals surface area contributed by atoms with E-state index in [1.807, 2.05) is 12.4 Å². The number of nitrogens with zero attached hydrogens (tertiary/aromatic N) is 1. The fourth-order valence-corrected chi connectivity index (χ4v) is 1.81. The van der Waals surface area contributed by atoms with Crippen molar-refractivity contribution in [3.63, 3.8) is 0 Å². The van der Waals surface area contributed by atoms with Gasteiger partial charge < -0.3 is 10.1 Å². The van der Waals surface area contributed by atoms with Gasteiger partial charge in [0.1, 0.15) is 0 Å². The minimum Gasteiger partial charge on any atom is -0.468 e. The molecule has 0 spiro atoms. The van der Waals surface area contributed by atoms with E-state index >= 15 is 0 Å². The zero-order valence-corrected chi connectivity index (χ0v) is 9.19. The molecule has 14 heavy (non-hydrogen) atoms. The van der Waals surface area contributed by atoms with Crippen LogP contribution in [-0.4, -0.2) is 31.2 Å². The molecule has 0 aliphatic rings. The van der Waals surface area contributed by atoms with Crippen LogP contribution in [0.2, 0.25) is 0 Å². The van der Waals surface area contributed by atoms with E-state index in [1.54, 1.807) is 11.3 Å². The van der Waals surface area contributed by atoms with Crippen LogP contribution in [0.4, 0.5) is 0 Å². The fourth-order valence-electron chi connectivity index (χ4n) is 1.03. The molecular weight excluding hydrogens is 200 g/mol. The second-order valence-corrected chi connectivity index (χ2v) is 3.80. The Morgan fingerprint density at radius 1 is 1.71 bits per heavy atom. The third-order valence-electron chi connectivity index (χ3n) is 1.87. The van der Waals surface area contributed by atoms with Crippen molar-refractivity contribution >= 4 is 17.3 Å². The van der Waals surface area contributed by atoms with Crippen LogP contribution in [0.15, 0.2) is 5.51 Å². The molecule has 1 aromatic rings. The van der Waals surface area contributed by atoms with Crippen LogP contribution >= 0.6 is 11.3 Å². The number of esters is 1. The van der Waals surface area contributed by atoms with Crippen molar-refractivity contribution in [1.82, 2.24) is 10.3 Å². The van der Waals surface area contributed by atoms with Crippen molar-refractivity contribution in [3.05, 3.63) is 16.1 Å². The molecule has 1 rings (SSSR count). The highest BCUT2D eigenvalue weighted by Crippen LogP contribution is 2.11. The monoisotopic (exact) mass is 214 g/mol. The fraction of sp³-hybridized carbons (Fsp3) is 0.556. The maximum Gasteiger partial charge on any atom is 0.319 e. The lowest BCUT2D eigenvalue weighted by Crippen LogP contribution is -2.25. The van der Waals surface area contributed by atoms with E-state index in [9.17, 15) is 4.79 Å². The van der Waals surface area contributed by atoms with E-state index in [-0.39, 0.29) is 12.5 Å². The standard InChI is InChI=1S/C9H14N2O2S/c1-7-8(14-6-11-7)3-4-10-5-9(12)13-2/h6,10H,3-5H2,1-2H3. The predicted octanol–water partition coefficient (Wildman–Crippen LogP) is 0.757. The van der Waals surface area contributed by atoms with Gasteiger partial charge in [-0.15, -0.1) is 11.3 Å². The van der Waals surface area contributed by atoms with Gasteiger partial charge in [0.15, 0.2) is 0 Å². The molecule has 0 saturated heterocycles. The molecule has 0 atom stereocenters. The third kappa shape index (κ3) is 3.43. The maximum atomic E-state index is 10.7. The number of hydrogen-bond donors (Lipinski definition) is 1. The lowest BCUT2D eigenvalue weighted by Gasteiger charge is -2.02. The Morgan fingerprint density at radius 2 is 2.50 bits per heavy atom. The Hall–Kier alpha value is -0.940. The average Bonchev–Trinajstić information content (AvgIpc) is 2.58. The number of methoxy groups -OCH3 is 1. The van der Waals surface area contributed by atoms with Gasteiger partial charge in [-0.2, -0.15) is 0 Å². The van der Waals surface area contributed by atoms with E-state index in [2.05, 4.69) is 15.0 Å². The van der Waals surface area contributed by atoms with Gasteiger partial charge in [0.05, 0.1) is 24.9 Å². The van der Waals surface area contributed by atoms with Crippen LogP contribution in [0, 0.1) is 6.92 Å². The first-order chi connectivity index (χ1) is 6.74. The van der Waals surface area contributed by atoms with Gasteiger partial charge in [-0.05, 0) is 13.3 Å². The van der Waals surface area contributed by atoms with Crippen molar-refractivity contribution in [3.8, 4) is 0 Å². The lowest BCUT2D eigenvalue weighted by atomic mass is 10.3. The molecule has 0 aromatic carbocycles. The summed E-state index contributed by atoms with van der Waals surface area (Å²) in [5.74, 6) is -0.231. The molecule has 0 unspecified atom stereocenters. The van der Waals surface area contributed by atoms with Crippen LogP contribution in [0.5, 0.6) is 0 Å². The summed E-state index contributed by atoms with van der Waals surface area (Å²) in [6, 6.07) is 0. The molecule has 78 valence electrons. The van der Waals surface area contributed by atoms with Crippen LogP contribution < -0.4 is 5.32 Å². The molecule has 0 aliphatic heterocycles. The zero-order chi connectivity index (χ0) is 10.4. The van der Waals surface area contributed by atoms with E-state index in [4.69, 9.17) is 0 Å². The number of thiazole rings is 1. The largest absolute Gasteiger partial charge is 0.468 e. The summed E-state index contributed by atoms with van der Waals surface area (Å²) in [4.78, 5) is 16.2. The number of carbonyl (C=O) groups is 1. The van der Waals surface area contributed by atoms with E-state index in [0.29, 0.717) is 0 Å². The summed E-state index contributed by atoms with van der Waals surface area (Å²) in [6.45, 7) is 3.04. The van der Waals surface area contributed by atoms with Crippen LogP contribution in [0.1, 0.15) is 10.6 Å². The Labute approximate surface area is 87.3 Å². The second kappa shape index (κ2) is 5.72. The average molecular weight is 214 g/mol. The van der Waals surface area contributed by atoms with Crippen molar-refractivity contribution in [2.75, 3.05) is 20.2 Å². The highest BCUT2D eigenvalue weighted by Gasteiger charge is 2.02. The third-order valence-corrected chi connectivity index (χ3v) is 2.87. The quantitative estimate of drug-likeness (QED) is 0.580. The van der Waals surface area contributed by atoms with Gasteiger partial charge >= 0.3 is 5.97 Å². The number of aromatic nitrogens is 1. The minimum atomic E-state index is -0.231. The molecule has 1 aromatic heterocycles. The molecule has 0 radical (unpaired) electrons. The van der Waals surface area contributed by atoms with Crippen molar-refractivity contribution in [2.45, 2.75) is 13.3 Å². The highest BCUT2D eigenvalue weighted by atomic mass is 32.1. The van der Waals surface area contributed by atoms with Crippen LogP contribution in [0.3, 0.4) is 0 Å². The number of carbonyl (C=O) groups excluding carboxylic acids is 1. The van der Waals surface area contributed by atoms with Gasteiger partial charge in [-0.3, -0.25) is 4.79 Å². The maximum absolute atomic E-state index is 10.7. The van der Waals surface area contributed by atoms with Gasteiger partial charge in [0, 0.05) is 11.4 Å². The molecule has 1 heterocycles. The van der Waals surface area contributed by atoms with Crippen molar-refractivity contribution in [1.29, 1.82) is 0 Å².